The largest absolute Gasteiger partial charge is 0.476 e. The number of carboxylic acids is 1. The number of hydrogen-bond donors (Lipinski definition) is 3. The molecule has 0 radical (unpaired) electrons. The third kappa shape index (κ3) is 3.57. The van der Waals surface area contributed by atoms with Gasteiger partial charge in [0.2, 0.25) is 0 Å². The summed E-state index contributed by atoms with van der Waals surface area (Å²) < 4.78 is 0. The summed E-state index contributed by atoms with van der Waals surface area (Å²) in [6, 6.07) is 7.03. The lowest BCUT2D eigenvalue weighted by atomic mass is 10.0. The van der Waals surface area contributed by atoms with Crippen LogP contribution < -0.4 is 5.32 Å². The van der Waals surface area contributed by atoms with Crippen LogP contribution in [0.3, 0.4) is 0 Å². The summed E-state index contributed by atoms with van der Waals surface area (Å²) in [4.78, 5) is 10.9. The Balaban J connectivity index is 2.94. The Morgan fingerprint density at radius 1 is 1.41 bits per heavy atom. The van der Waals surface area contributed by atoms with Crippen LogP contribution in [0.15, 0.2) is 29.4 Å². The maximum Gasteiger partial charge on any atom is 0.358 e. The van der Waals surface area contributed by atoms with Crippen LogP contribution in [-0.2, 0) is 11.2 Å². The Morgan fingerprint density at radius 2 is 2.12 bits per heavy atom. The van der Waals surface area contributed by atoms with Crippen LogP contribution in [0.1, 0.15) is 18.1 Å². The normalized spacial score (nSPS) is 11.5. The zero-order chi connectivity index (χ0) is 12.7. The number of aliphatic carboxylic acids is 1. The van der Waals surface area contributed by atoms with Gasteiger partial charge in [-0.3, -0.25) is 0 Å². The molecular weight excluding hydrogens is 220 g/mol. The van der Waals surface area contributed by atoms with E-state index in [0.29, 0.717) is 12.0 Å². The fourth-order valence-corrected chi connectivity index (χ4v) is 1.58. The monoisotopic (exact) mass is 236 g/mol. The van der Waals surface area contributed by atoms with Crippen molar-refractivity contribution in [3.63, 3.8) is 0 Å². The summed E-state index contributed by atoms with van der Waals surface area (Å²) in [5, 5.41) is 23.7. The second-order valence-corrected chi connectivity index (χ2v) is 3.51. The molecule has 5 nitrogen and oxygen atoms in total. The van der Waals surface area contributed by atoms with Crippen LogP contribution in [0, 0.1) is 0 Å². The quantitative estimate of drug-likeness (QED) is 0.299. The number of oxime groups is 1. The number of rotatable bonds is 6. The van der Waals surface area contributed by atoms with E-state index in [1.54, 1.807) is 12.1 Å². The van der Waals surface area contributed by atoms with Gasteiger partial charge >= 0.3 is 5.97 Å². The van der Waals surface area contributed by atoms with Crippen LogP contribution in [0.4, 0.5) is 0 Å². The molecule has 0 saturated heterocycles. The predicted octanol–water partition coefficient (Wildman–Crippen LogP) is 1.10. The number of likely N-dealkylation sites (N-methyl/N-ethyl adjacent to an activating group) is 1. The fourth-order valence-electron chi connectivity index (χ4n) is 1.58. The predicted molar refractivity (Wildman–Crippen MR) is 64.6 cm³/mol. The first-order chi connectivity index (χ1) is 8.20. The van der Waals surface area contributed by atoms with Crippen LogP contribution in [0.2, 0.25) is 0 Å². The lowest BCUT2D eigenvalue weighted by molar-refractivity contribution is -0.129. The Labute approximate surface area is 99.8 Å². The molecule has 0 atom stereocenters. The van der Waals surface area contributed by atoms with E-state index in [-0.39, 0.29) is 5.71 Å². The van der Waals surface area contributed by atoms with Crippen molar-refractivity contribution in [1.29, 1.82) is 0 Å². The Morgan fingerprint density at radius 3 is 2.71 bits per heavy atom. The molecule has 0 aromatic heterocycles. The van der Waals surface area contributed by atoms with Crippen LogP contribution in [0.5, 0.6) is 0 Å². The molecule has 0 spiro atoms. The maximum atomic E-state index is 10.9. The van der Waals surface area contributed by atoms with Crippen molar-refractivity contribution < 1.29 is 15.1 Å². The maximum absolute atomic E-state index is 10.9. The number of carboxylic acid groups (broad SMARTS) is 1. The zero-order valence-electron chi connectivity index (χ0n) is 9.68. The average molecular weight is 236 g/mol. The molecule has 17 heavy (non-hydrogen) atoms. The highest BCUT2D eigenvalue weighted by Gasteiger charge is 2.16. The average Bonchev–Trinajstić information content (AvgIpc) is 2.32. The summed E-state index contributed by atoms with van der Waals surface area (Å²) in [6.07, 6.45) is 0.691. The van der Waals surface area contributed by atoms with E-state index in [0.717, 1.165) is 18.7 Å². The lowest BCUT2D eigenvalue weighted by Gasteiger charge is -2.08. The minimum atomic E-state index is -1.23. The first-order valence-electron chi connectivity index (χ1n) is 5.45. The standard InChI is InChI=1S/C12H16N2O3/c1-2-13-8-7-9-5-3-4-6-10(9)11(14-17)12(15)16/h3-6,13,17H,2,7-8H2,1H3,(H,15,16)/b14-11-. The van der Waals surface area contributed by atoms with E-state index >= 15 is 0 Å². The van der Waals surface area contributed by atoms with Crippen molar-refractivity contribution in [3.8, 4) is 0 Å². The fraction of sp³-hybridized carbons (Fsp3) is 0.333. The van der Waals surface area contributed by atoms with Crippen LogP contribution in [-0.4, -0.2) is 35.1 Å². The minimum Gasteiger partial charge on any atom is -0.476 e. The number of nitrogens with zero attached hydrogens (tertiary/aromatic N) is 1. The molecule has 1 rings (SSSR count). The zero-order valence-corrected chi connectivity index (χ0v) is 9.68. The van der Waals surface area contributed by atoms with E-state index in [1.165, 1.54) is 0 Å². The minimum absolute atomic E-state index is 0.322. The summed E-state index contributed by atoms with van der Waals surface area (Å²) >= 11 is 0. The number of nitrogens with one attached hydrogen (secondary N) is 1. The molecule has 0 saturated carbocycles. The molecule has 0 aliphatic carbocycles. The number of benzene rings is 1. The highest BCUT2D eigenvalue weighted by atomic mass is 16.4. The van der Waals surface area contributed by atoms with Gasteiger partial charge in [0, 0.05) is 5.56 Å². The van der Waals surface area contributed by atoms with Gasteiger partial charge in [0.15, 0.2) is 5.71 Å². The topological polar surface area (TPSA) is 81.9 Å². The molecule has 0 heterocycles. The molecule has 3 N–H and O–H groups in total. The molecular formula is C12H16N2O3. The van der Waals surface area contributed by atoms with Gasteiger partial charge in [0.05, 0.1) is 0 Å². The Kier molecular flexibility index (Phi) is 5.16. The van der Waals surface area contributed by atoms with E-state index < -0.39 is 5.97 Å². The third-order valence-electron chi connectivity index (χ3n) is 2.40. The van der Waals surface area contributed by atoms with Crippen molar-refractivity contribution in [2.45, 2.75) is 13.3 Å². The summed E-state index contributed by atoms with van der Waals surface area (Å²) in [7, 11) is 0. The summed E-state index contributed by atoms with van der Waals surface area (Å²) in [5.41, 5.74) is 0.987. The molecule has 0 fully saturated rings. The Hall–Kier alpha value is -1.88. The summed E-state index contributed by atoms with van der Waals surface area (Å²) in [6.45, 7) is 3.62. The Bertz CT molecular complexity index is 416. The first-order valence-corrected chi connectivity index (χ1v) is 5.45. The molecule has 0 aliphatic heterocycles. The van der Waals surface area contributed by atoms with Gasteiger partial charge in [-0.25, -0.2) is 4.79 Å². The van der Waals surface area contributed by atoms with Gasteiger partial charge in [0.25, 0.3) is 0 Å². The van der Waals surface area contributed by atoms with Crippen molar-refractivity contribution in [2.75, 3.05) is 13.1 Å². The second-order valence-electron chi connectivity index (χ2n) is 3.51. The van der Waals surface area contributed by atoms with Gasteiger partial charge in [-0.2, -0.15) is 0 Å². The first kappa shape index (κ1) is 13.2. The molecule has 0 amide bonds. The van der Waals surface area contributed by atoms with Crippen molar-refractivity contribution in [3.05, 3.63) is 35.4 Å². The molecule has 1 aromatic rings. The molecule has 1 aromatic carbocycles. The number of carbonyl (C=O) groups is 1. The molecule has 92 valence electrons. The summed E-state index contributed by atoms with van der Waals surface area (Å²) in [5.74, 6) is -1.23. The van der Waals surface area contributed by atoms with Crippen molar-refractivity contribution >= 4 is 11.7 Å². The number of hydrogen-bond acceptors (Lipinski definition) is 4. The highest BCUT2D eigenvalue weighted by Crippen LogP contribution is 2.11. The lowest BCUT2D eigenvalue weighted by Crippen LogP contribution is -2.20. The molecule has 0 aliphatic rings. The third-order valence-corrected chi connectivity index (χ3v) is 2.40. The molecule has 0 unspecified atom stereocenters. The van der Waals surface area contributed by atoms with Crippen LogP contribution in [0.25, 0.3) is 0 Å². The van der Waals surface area contributed by atoms with Crippen LogP contribution >= 0.6 is 0 Å². The van der Waals surface area contributed by atoms with Gasteiger partial charge in [0.1, 0.15) is 0 Å². The SMILES string of the molecule is CCNCCc1ccccc1/C(=N/O)C(=O)O. The molecule has 5 heteroatoms. The van der Waals surface area contributed by atoms with Crippen molar-refractivity contribution in [1.82, 2.24) is 5.32 Å². The second kappa shape index (κ2) is 6.65. The highest BCUT2D eigenvalue weighted by molar-refractivity contribution is 6.42. The molecule has 0 bridgehead atoms. The smallest absolute Gasteiger partial charge is 0.358 e. The van der Waals surface area contributed by atoms with Gasteiger partial charge in [-0.05, 0) is 25.1 Å². The van der Waals surface area contributed by atoms with Gasteiger partial charge in [-0.15, -0.1) is 0 Å². The van der Waals surface area contributed by atoms with Gasteiger partial charge in [-0.1, -0.05) is 36.3 Å². The van der Waals surface area contributed by atoms with E-state index in [4.69, 9.17) is 10.3 Å². The van der Waals surface area contributed by atoms with E-state index in [2.05, 4.69) is 10.5 Å². The van der Waals surface area contributed by atoms with E-state index in [1.807, 2.05) is 19.1 Å². The van der Waals surface area contributed by atoms with Crippen molar-refractivity contribution in [2.24, 2.45) is 5.16 Å². The van der Waals surface area contributed by atoms with Gasteiger partial charge < -0.3 is 15.6 Å². The van der Waals surface area contributed by atoms with E-state index in [9.17, 15) is 4.79 Å².